The predicted molar refractivity (Wildman–Crippen MR) is 100 cm³/mol. The number of carbonyl (C=O) groups excluding carboxylic acids is 1. The molecule has 1 amide bonds. The molecule has 0 aromatic heterocycles. The topological polar surface area (TPSA) is 66.5 Å². The van der Waals surface area contributed by atoms with Gasteiger partial charge < -0.3 is 5.32 Å². The van der Waals surface area contributed by atoms with E-state index in [0.29, 0.717) is 19.0 Å². The average Bonchev–Trinajstić information content (AvgIpc) is 2.58. The van der Waals surface area contributed by atoms with E-state index >= 15 is 0 Å². The van der Waals surface area contributed by atoms with Crippen LogP contribution in [0.15, 0.2) is 23.1 Å². The molecule has 2 atom stereocenters. The second-order valence-corrected chi connectivity index (χ2v) is 8.92. The molecule has 7 heteroatoms. The van der Waals surface area contributed by atoms with E-state index < -0.39 is 10.0 Å². The molecule has 1 aromatic carbocycles. The second kappa shape index (κ2) is 8.52. The molecule has 0 spiro atoms. The fraction of sp³-hybridized carbons (Fsp3) is 0.611. The zero-order valence-electron chi connectivity index (χ0n) is 15.1. The summed E-state index contributed by atoms with van der Waals surface area (Å²) in [6.07, 6.45) is 4.32. The molecule has 1 saturated carbocycles. The number of rotatable bonds is 6. The first-order valence-electron chi connectivity index (χ1n) is 8.91. The molecule has 0 heterocycles. The molecule has 1 aliphatic rings. The molecule has 2 rings (SSSR count). The van der Waals surface area contributed by atoms with Gasteiger partial charge in [-0.1, -0.05) is 45.2 Å². The monoisotopic (exact) mass is 386 g/mol. The average molecular weight is 387 g/mol. The Kier molecular flexibility index (Phi) is 6.88. The number of halogens is 1. The first-order chi connectivity index (χ1) is 11.8. The number of hydrogen-bond acceptors (Lipinski definition) is 3. The number of benzene rings is 1. The summed E-state index contributed by atoms with van der Waals surface area (Å²) in [6.45, 7) is 6.46. The van der Waals surface area contributed by atoms with Gasteiger partial charge in [0.25, 0.3) is 5.91 Å². The van der Waals surface area contributed by atoms with Crippen molar-refractivity contribution in [2.24, 2.45) is 5.92 Å². The first-order valence-corrected chi connectivity index (χ1v) is 10.7. The molecule has 0 saturated heterocycles. The van der Waals surface area contributed by atoms with Crippen molar-refractivity contribution in [3.8, 4) is 0 Å². The highest BCUT2D eigenvalue weighted by atomic mass is 35.5. The molecular formula is C18H27ClN2O3S. The van der Waals surface area contributed by atoms with Crippen LogP contribution in [0.1, 0.15) is 56.8 Å². The van der Waals surface area contributed by atoms with Crippen molar-refractivity contribution in [1.29, 1.82) is 0 Å². The van der Waals surface area contributed by atoms with E-state index in [2.05, 4.69) is 12.2 Å². The summed E-state index contributed by atoms with van der Waals surface area (Å²) in [5.41, 5.74) is 0.215. The van der Waals surface area contributed by atoms with Crippen molar-refractivity contribution < 1.29 is 13.2 Å². The van der Waals surface area contributed by atoms with E-state index in [9.17, 15) is 13.2 Å². The molecule has 0 unspecified atom stereocenters. The Morgan fingerprint density at radius 2 is 1.88 bits per heavy atom. The van der Waals surface area contributed by atoms with Crippen LogP contribution in [0.3, 0.4) is 0 Å². The maximum Gasteiger partial charge on any atom is 0.253 e. The van der Waals surface area contributed by atoms with Crippen molar-refractivity contribution in [3.05, 3.63) is 28.8 Å². The molecule has 0 radical (unpaired) electrons. The number of nitrogens with one attached hydrogen (secondary N) is 1. The van der Waals surface area contributed by atoms with Gasteiger partial charge in [0, 0.05) is 19.1 Å². The first kappa shape index (κ1) is 20.2. The Bertz CT molecular complexity index is 717. The Morgan fingerprint density at radius 3 is 2.48 bits per heavy atom. The molecule has 1 aromatic rings. The molecular weight excluding hydrogens is 360 g/mol. The van der Waals surface area contributed by atoms with Crippen LogP contribution in [0.2, 0.25) is 5.02 Å². The Hall–Kier alpha value is -1.11. The summed E-state index contributed by atoms with van der Waals surface area (Å²) < 4.78 is 26.7. The van der Waals surface area contributed by atoms with Crippen molar-refractivity contribution in [2.45, 2.75) is 57.4 Å². The van der Waals surface area contributed by atoms with Gasteiger partial charge in [-0.15, -0.1) is 0 Å². The number of hydrogen-bond donors (Lipinski definition) is 1. The number of amides is 1. The van der Waals surface area contributed by atoms with Gasteiger partial charge in [0.05, 0.1) is 15.5 Å². The highest BCUT2D eigenvalue weighted by Gasteiger charge is 2.26. The second-order valence-electron chi connectivity index (χ2n) is 6.57. The lowest BCUT2D eigenvalue weighted by Gasteiger charge is -2.29. The minimum Gasteiger partial charge on any atom is -0.349 e. The zero-order chi connectivity index (χ0) is 18.6. The molecule has 140 valence electrons. The zero-order valence-corrected chi connectivity index (χ0v) is 16.7. The maximum atomic E-state index is 12.7. The van der Waals surface area contributed by atoms with Gasteiger partial charge in [0.1, 0.15) is 0 Å². The SMILES string of the molecule is CCN(CC)S(=O)(=O)c1ccc(Cl)c(C(=O)N[C@H]2CCCC[C@H]2C)c1. The normalized spacial score (nSPS) is 21.3. The third-order valence-electron chi connectivity index (χ3n) is 4.95. The van der Waals surface area contributed by atoms with Crippen LogP contribution in [0.25, 0.3) is 0 Å². The number of nitrogens with zero attached hydrogens (tertiary/aromatic N) is 1. The molecule has 5 nitrogen and oxygen atoms in total. The lowest BCUT2D eigenvalue weighted by molar-refractivity contribution is 0.0910. The third kappa shape index (κ3) is 4.54. The van der Waals surface area contributed by atoms with Gasteiger partial charge >= 0.3 is 0 Å². The van der Waals surface area contributed by atoms with Crippen molar-refractivity contribution in [3.63, 3.8) is 0 Å². The van der Waals surface area contributed by atoms with Crippen LogP contribution in [-0.2, 0) is 10.0 Å². The molecule has 0 bridgehead atoms. The number of carbonyl (C=O) groups is 1. The van der Waals surface area contributed by atoms with Crippen LogP contribution in [0.4, 0.5) is 0 Å². The molecule has 1 fully saturated rings. The van der Waals surface area contributed by atoms with Crippen LogP contribution >= 0.6 is 11.6 Å². The fourth-order valence-electron chi connectivity index (χ4n) is 3.33. The van der Waals surface area contributed by atoms with Crippen molar-refractivity contribution in [1.82, 2.24) is 9.62 Å². The third-order valence-corrected chi connectivity index (χ3v) is 7.33. The van der Waals surface area contributed by atoms with E-state index in [-0.39, 0.29) is 27.4 Å². The summed E-state index contributed by atoms with van der Waals surface area (Å²) >= 11 is 6.17. The van der Waals surface area contributed by atoms with Gasteiger partial charge in [-0.2, -0.15) is 4.31 Å². The summed E-state index contributed by atoms with van der Waals surface area (Å²) in [6, 6.07) is 4.44. The lowest BCUT2D eigenvalue weighted by Crippen LogP contribution is -2.41. The quantitative estimate of drug-likeness (QED) is 0.810. The molecule has 0 aliphatic heterocycles. The minimum atomic E-state index is -3.62. The van der Waals surface area contributed by atoms with E-state index in [4.69, 9.17) is 11.6 Å². The van der Waals surface area contributed by atoms with E-state index in [1.165, 1.54) is 28.9 Å². The largest absolute Gasteiger partial charge is 0.349 e. The summed E-state index contributed by atoms with van der Waals surface area (Å²) in [4.78, 5) is 12.8. The fourth-order valence-corrected chi connectivity index (χ4v) is 5.02. The van der Waals surface area contributed by atoms with Crippen molar-refractivity contribution >= 4 is 27.5 Å². The lowest BCUT2D eigenvalue weighted by atomic mass is 9.86. The van der Waals surface area contributed by atoms with Gasteiger partial charge in [0.15, 0.2) is 0 Å². The Morgan fingerprint density at radius 1 is 1.24 bits per heavy atom. The highest BCUT2D eigenvalue weighted by Crippen LogP contribution is 2.26. The van der Waals surface area contributed by atoms with Gasteiger partial charge in [0.2, 0.25) is 10.0 Å². The molecule has 1 N–H and O–H groups in total. The van der Waals surface area contributed by atoms with Crippen LogP contribution < -0.4 is 5.32 Å². The predicted octanol–water partition coefficient (Wildman–Crippen LogP) is 3.68. The summed E-state index contributed by atoms with van der Waals surface area (Å²) in [5.74, 6) is 0.111. The minimum absolute atomic E-state index is 0.0995. The van der Waals surface area contributed by atoms with Crippen LogP contribution in [-0.4, -0.2) is 37.8 Å². The summed E-state index contributed by atoms with van der Waals surface area (Å²) in [5, 5.41) is 3.29. The van der Waals surface area contributed by atoms with Crippen molar-refractivity contribution in [2.75, 3.05) is 13.1 Å². The standard InChI is InChI=1S/C18H27ClN2O3S/c1-4-21(5-2)25(23,24)14-10-11-16(19)15(12-14)18(22)20-17-9-7-6-8-13(17)3/h10-13,17H,4-9H2,1-3H3,(H,20,22)/t13-,17+/m1/s1. The Balaban J connectivity index is 2.28. The van der Waals surface area contributed by atoms with Crippen LogP contribution in [0, 0.1) is 5.92 Å². The van der Waals surface area contributed by atoms with Gasteiger partial charge in [-0.05, 0) is 37.0 Å². The molecule has 25 heavy (non-hydrogen) atoms. The van der Waals surface area contributed by atoms with E-state index in [1.807, 2.05) is 0 Å². The van der Waals surface area contributed by atoms with Crippen LogP contribution in [0.5, 0.6) is 0 Å². The maximum absolute atomic E-state index is 12.7. The smallest absolute Gasteiger partial charge is 0.253 e. The highest BCUT2D eigenvalue weighted by molar-refractivity contribution is 7.89. The van der Waals surface area contributed by atoms with E-state index in [1.54, 1.807) is 13.8 Å². The Labute approximate surface area is 155 Å². The van der Waals surface area contributed by atoms with Gasteiger partial charge in [-0.3, -0.25) is 4.79 Å². The number of sulfonamides is 1. The summed E-state index contributed by atoms with van der Waals surface area (Å²) in [7, 11) is -3.62. The van der Waals surface area contributed by atoms with Gasteiger partial charge in [-0.25, -0.2) is 8.42 Å². The molecule has 1 aliphatic carbocycles. The van der Waals surface area contributed by atoms with E-state index in [0.717, 1.165) is 19.3 Å².